The second-order valence-electron chi connectivity index (χ2n) is 4.49. The zero-order valence-corrected chi connectivity index (χ0v) is 12.8. The normalized spacial score (nSPS) is 25.1. The van der Waals surface area contributed by atoms with E-state index in [0.29, 0.717) is 10.8 Å². The Balaban J connectivity index is 2.17. The number of benzene rings is 1. The Morgan fingerprint density at radius 1 is 1.42 bits per heavy atom. The largest absolute Gasteiger partial charge is 0.494 e. The van der Waals surface area contributed by atoms with Gasteiger partial charge in [0.25, 0.3) is 0 Å². The van der Waals surface area contributed by atoms with E-state index >= 15 is 0 Å². The van der Waals surface area contributed by atoms with Crippen LogP contribution >= 0.6 is 23.5 Å². The fourth-order valence-electron chi connectivity index (χ4n) is 2.29. The Bertz CT molecular complexity index is 428. The van der Waals surface area contributed by atoms with Gasteiger partial charge in [0, 0.05) is 22.0 Å². The smallest absolute Gasteiger partial charge is 0.165 e. The van der Waals surface area contributed by atoms with E-state index in [0.717, 1.165) is 17.9 Å². The van der Waals surface area contributed by atoms with Crippen LogP contribution in [0.5, 0.6) is 5.75 Å². The molecule has 1 aliphatic rings. The first kappa shape index (κ1) is 15.0. The van der Waals surface area contributed by atoms with Crippen molar-refractivity contribution in [2.45, 2.75) is 29.9 Å². The van der Waals surface area contributed by atoms with Crippen molar-refractivity contribution >= 4 is 23.5 Å². The molecule has 106 valence electrons. The SMILES string of the molecule is CCC1SCCSC1C(O)c1ccc(OC)c(F)c1. The van der Waals surface area contributed by atoms with Crippen LogP contribution in [0.4, 0.5) is 4.39 Å². The third kappa shape index (κ3) is 3.38. The minimum Gasteiger partial charge on any atom is -0.494 e. The Labute approximate surface area is 122 Å². The fraction of sp³-hybridized carbons (Fsp3) is 0.571. The highest BCUT2D eigenvalue weighted by Crippen LogP contribution is 2.40. The van der Waals surface area contributed by atoms with Gasteiger partial charge in [0.05, 0.1) is 13.2 Å². The summed E-state index contributed by atoms with van der Waals surface area (Å²) in [5, 5.41) is 11.1. The minimum absolute atomic E-state index is 0.136. The van der Waals surface area contributed by atoms with E-state index in [1.54, 1.807) is 23.9 Å². The molecule has 0 spiro atoms. The van der Waals surface area contributed by atoms with Gasteiger partial charge in [-0.05, 0) is 24.1 Å². The van der Waals surface area contributed by atoms with E-state index in [9.17, 15) is 9.50 Å². The summed E-state index contributed by atoms with van der Waals surface area (Å²) < 4.78 is 18.6. The highest BCUT2D eigenvalue weighted by atomic mass is 32.2. The summed E-state index contributed by atoms with van der Waals surface area (Å²) in [6, 6.07) is 4.71. The van der Waals surface area contributed by atoms with Crippen molar-refractivity contribution in [3.63, 3.8) is 0 Å². The molecule has 1 aromatic carbocycles. The van der Waals surface area contributed by atoms with Crippen molar-refractivity contribution in [1.82, 2.24) is 0 Å². The molecule has 0 bridgehead atoms. The van der Waals surface area contributed by atoms with E-state index in [-0.39, 0.29) is 11.0 Å². The quantitative estimate of drug-likeness (QED) is 0.922. The summed E-state index contributed by atoms with van der Waals surface area (Å²) in [5.74, 6) is 1.97. The zero-order valence-electron chi connectivity index (χ0n) is 11.1. The number of rotatable bonds is 4. The van der Waals surface area contributed by atoms with Crippen LogP contribution in [0, 0.1) is 5.82 Å². The average molecular weight is 302 g/mol. The topological polar surface area (TPSA) is 29.5 Å². The lowest BCUT2D eigenvalue weighted by Gasteiger charge is -2.33. The second kappa shape index (κ2) is 6.86. The maximum Gasteiger partial charge on any atom is 0.165 e. The van der Waals surface area contributed by atoms with Crippen molar-refractivity contribution in [3.05, 3.63) is 29.6 Å². The molecule has 0 aromatic heterocycles. The van der Waals surface area contributed by atoms with Crippen molar-refractivity contribution in [3.8, 4) is 5.75 Å². The van der Waals surface area contributed by atoms with Gasteiger partial charge in [-0.15, -0.1) is 0 Å². The van der Waals surface area contributed by atoms with Gasteiger partial charge in [0.1, 0.15) is 0 Å². The van der Waals surface area contributed by atoms with Gasteiger partial charge in [-0.3, -0.25) is 0 Å². The van der Waals surface area contributed by atoms with Crippen LogP contribution in [0.1, 0.15) is 25.0 Å². The van der Waals surface area contributed by atoms with Gasteiger partial charge in [0.2, 0.25) is 0 Å². The monoisotopic (exact) mass is 302 g/mol. The lowest BCUT2D eigenvalue weighted by Crippen LogP contribution is -2.31. The predicted octanol–water partition coefficient (Wildman–Crippen LogP) is 3.49. The zero-order chi connectivity index (χ0) is 13.8. The van der Waals surface area contributed by atoms with Crippen LogP contribution in [-0.2, 0) is 0 Å². The number of aliphatic hydroxyl groups excluding tert-OH is 1. The number of hydrogen-bond acceptors (Lipinski definition) is 4. The van der Waals surface area contributed by atoms with Gasteiger partial charge < -0.3 is 9.84 Å². The number of hydrogen-bond donors (Lipinski definition) is 1. The summed E-state index contributed by atoms with van der Waals surface area (Å²) in [5.41, 5.74) is 0.636. The molecule has 0 radical (unpaired) electrons. The minimum atomic E-state index is -0.622. The lowest BCUT2D eigenvalue weighted by molar-refractivity contribution is 0.171. The van der Waals surface area contributed by atoms with E-state index in [1.165, 1.54) is 13.2 Å². The van der Waals surface area contributed by atoms with Gasteiger partial charge in [-0.2, -0.15) is 23.5 Å². The van der Waals surface area contributed by atoms with Crippen molar-refractivity contribution < 1.29 is 14.2 Å². The highest BCUT2D eigenvalue weighted by molar-refractivity contribution is 8.07. The molecule has 0 amide bonds. The highest BCUT2D eigenvalue weighted by Gasteiger charge is 2.32. The van der Waals surface area contributed by atoms with Crippen LogP contribution in [0.15, 0.2) is 18.2 Å². The summed E-state index contributed by atoms with van der Waals surface area (Å²) >= 11 is 3.70. The van der Waals surface area contributed by atoms with E-state index < -0.39 is 11.9 Å². The van der Waals surface area contributed by atoms with Crippen LogP contribution in [0.3, 0.4) is 0 Å². The molecule has 1 aliphatic heterocycles. The summed E-state index contributed by atoms with van der Waals surface area (Å²) in [7, 11) is 1.44. The molecule has 3 atom stereocenters. The molecule has 3 unspecified atom stereocenters. The Morgan fingerprint density at radius 3 is 2.79 bits per heavy atom. The first-order chi connectivity index (χ1) is 9.17. The molecule has 1 N–H and O–H groups in total. The van der Waals surface area contributed by atoms with E-state index in [2.05, 4.69) is 6.92 Å². The standard InChI is InChI=1S/C14H19FO2S2/c1-3-12-14(19-7-6-18-12)13(16)9-4-5-11(17-2)10(15)8-9/h4-5,8,12-14,16H,3,6-7H2,1-2H3. The van der Waals surface area contributed by atoms with Gasteiger partial charge >= 0.3 is 0 Å². The first-order valence-electron chi connectivity index (χ1n) is 6.42. The molecule has 1 fully saturated rings. The molecule has 1 aromatic rings. The number of ether oxygens (including phenoxy) is 1. The molecular weight excluding hydrogens is 283 g/mol. The van der Waals surface area contributed by atoms with Crippen molar-refractivity contribution in [1.29, 1.82) is 0 Å². The van der Waals surface area contributed by atoms with Crippen LogP contribution < -0.4 is 4.74 Å². The van der Waals surface area contributed by atoms with E-state index in [4.69, 9.17) is 4.74 Å². The molecule has 0 saturated carbocycles. The lowest BCUT2D eigenvalue weighted by atomic mass is 10.0. The summed E-state index contributed by atoms with van der Waals surface area (Å²) in [6.45, 7) is 2.14. The molecule has 5 heteroatoms. The number of methoxy groups -OCH3 is 1. The molecule has 19 heavy (non-hydrogen) atoms. The Kier molecular flexibility index (Phi) is 5.42. The summed E-state index contributed by atoms with van der Waals surface area (Å²) in [4.78, 5) is 0. The first-order valence-corrected chi connectivity index (χ1v) is 8.51. The Hall–Kier alpha value is -0.390. The molecule has 1 saturated heterocycles. The fourth-order valence-corrected chi connectivity index (χ4v) is 5.42. The number of thioether (sulfide) groups is 2. The van der Waals surface area contributed by atoms with Crippen LogP contribution in [0.2, 0.25) is 0 Å². The van der Waals surface area contributed by atoms with E-state index in [1.807, 2.05) is 11.8 Å². The number of halogens is 1. The van der Waals surface area contributed by atoms with Crippen LogP contribution in [-0.4, -0.2) is 34.2 Å². The number of aliphatic hydroxyl groups is 1. The second-order valence-corrected chi connectivity index (χ2v) is 7.12. The van der Waals surface area contributed by atoms with Crippen molar-refractivity contribution in [2.75, 3.05) is 18.6 Å². The maximum absolute atomic E-state index is 13.7. The van der Waals surface area contributed by atoms with Crippen molar-refractivity contribution in [2.24, 2.45) is 0 Å². The molecular formula is C14H19FO2S2. The maximum atomic E-state index is 13.7. The Morgan fingerprint density at radius 2 is 2.16 bits per heavy atom. The molecule has 0 aliphatic carbocycles. The predicted molar refractivity (Wildman–Crippen MR) is 80.7 cm³/mol. The molecule has 1 heterocycles. The van der Waals surface area contributed by atoms with Gasteiger partial charge in [-0.1, -0.05) is 13.0 Å². The molecule has 2 nitrogen and oxygen atoms in total. The van der Waals surface area contributed by atoms with Gasteiger partial charge in [-0.25, -0.2) is 4.39 Å². The van der Waals surface area contributed by atoms with Gasteiger partial charge in [0.15, 0.2) is 11.6 Å². The van der Waals surface area contributed by atoms with Crippen LogP contribution in [0.25, 0.3) is 0 Å². The third-order valence-corrected chi connectivity index (χ3v) is 6.66. The average Bonchev–Trinajstić information content (AvgIpc) is 2.46. The third-order valence-electron chi connectivity index (χ3n) is 3.32. The summed E-state index contributed by atoms with van der Waals surface area (Å²) in [6.07, 6.45) is 0.404. The molecule has 2 rings (SSSR count).